The Hall–Kier alpha value is -0.490. The highest BCUT2D eigenvalue weighted by atomic mass is 79.9. The molecule has 0 bridgehead atoms. The molecule has 1 heterocycles. The molecule has 100 valence electrons. The summed E-state index contributed by atoms with van der Waals surface area (Å²) in [6, 6.07) is 5.06. The molecule has 0 aromatic heterocycles. The fraction of sp³-hybridized carbons (Fsp3) is 0.538. The first kappa shape index (κ1) is 13.9. The smallest absolute Gasteiger partial charge is 0.124 e. The van der Waals surface area contributed by atoms with Crippen molar-refractivity contribution >= 4 is 15.9 Å². The van der Waals surface area contributed by atoms with Crippen molar-refractivity contribution in [3.63, 3.8) is 0 Å². The number of ether oxygens (including phenoxy) is 2. The molecule has 1 N–H and O–H groups in total. The molecule has 3 nitrogen and oxygen atoms in total. The standard InChI is InChI=1S/C13H17BrFNO2/c1-16-12(13-8-17-2-3-18-13)6-9-4-10(14)7-11(15)5-9/h4-5,7,12-13,16H,2-3,6,8H2,1H3. The van der Waals surface area contributed by atoms with Crippen LogP contribution in [0.5, 0.6) is 0 Å². The number of hydrogen-bond acceptors (Lipinski definition) is 3. The topological polar surface area (TPSA) is 30.5 Å². The molecule has 0 aliphatic carbocycles. The van der Waals surface area contributed by atoms with Gasteiger partial charge in [-0.15, -0.1) is 0 Å². The highest BCUT2D eigenvalue weighted by molar-refractivity contribution is 9.10. The number of hydrogen-bond donors (Lipinski definition) is 1. The minimum Gasteiger partial charge on any atom is -0.376 e. The lowest BCUT2D eigenvalue weighted by atomic mass is 10.0. The fourth-order valence-electron chi connectivity index (χ4n) is 2.14. The van der Waals surface area contributed by atoms with Crippen molar-refractivity contribution in [3.8, 4) is 0 Å². The average molecular weight is 318 g/mol. The number of halogens is 2. The third kappa shape index (κ3) is 3.75. The molecule has 1 fully saturated rings. The molecule has 1 aliphatic heterocycles. The van der Waals surface area contributed by atoms with Crippen LogP contribution in [0.15, 0.2) is 22.7 Å². The van der Waals surface area contributed by atoms with Crippen molar-refractivity contribution < 1.29 is 13.9 Å². The monoisotopic (exact) mass is 317 g/mol. The highest BCUT2D eigenvalue weighted by Gasteiger charge is 2.24. The summed E-state index contributed by atoms with van der Waals surface area (Å²) < 4.78 is 25.1. The van der Waals surface area contributed by atoms with Crippen molar-refractivity contribution in [1.82, 2.24) is 5.32 Å². The zero-order valence-electron chi connectivity index (χ0n) is 10.3. The lowest BCUT2D eigenvalue weighted by Gasteiger charge is -2.30. The Kier molecular flexibility index (Phi) is 5.12. The molecule has 0 saturated carbocycles. The van der Waals surface area contributed by atoms with E-state index in [1.54, 1.807) is 6.07 Å². The van der Waals surface area contributed by atoms with Gasteiger partial charge in [0.2, 0.25) is 0 Å². The van der Waals surface area contributed by atoms with E-state index < -0.39 is 0 Å². The molecule has 2 unspecified atom stereocenters. The van der Waals surface area contributed by atoms with Crippen molar-refractivity contribution in [1.29, 1.82) is 0 Å². The van der Waals surface area contributed by atoms with E-state index in [0.717, 1.165) is 10.0 Å². The second-order valence-electron chi connectivity index (χ2n) is 4.36. The van der Waals surface area contributed by atoms with Gasteiger partial charge in [0, 0.05) is 10.5 Å². The van der Waals surface area contributed by atoms with Crippen LogP contribution >= 0.6 is 15.9 Å². The third-order valence-electron chi connectivity index (χ3n) is 3.04. The summed E-state index contributed by atoms with van der Waals surface area (Å²) in [6.45, 7) is 1.86. The van der Waals surface area contributed by atoms with Crippen LogP contribution in [0, 0.1) is 5.82 Å². The van der Waals surface area contributed by atoms with Crippen molar-refractivity contribution in [3.05, 3.63) is 34.1 Å². The largest absolute Gasteiger partial charge is 0.376 e. The molecule has 1 saturated heterocycles. The van der Waals surface area contributed by atoms with E-state index in [2.05, 4.69) is 21.2 Å². The molecule has 1 aromatic rings. The first-order chi connectivity index (χ1) is 8.69. The SMILES string of the molecule is CNC(Cc1cc(F)cc(Br)c1)C1COCCO1. The summed E-state index contributed by atoms with van der Waals surface area (Å²) in [4.78, 5) is 0. The van der Waals surface area contributed by atoms with Crippen molar-refractivity contribution in [2.45, 2.75) is 18.6 Å². The van der Waals surface area contributed by atoms with E-state index in [1.165, 1.54) is 6.07 Å². The maximum atomic E-state index is 13.3. The van der Waals surface area contributed by atoms with Gasteiger partial charge in [-0.05, 0) is 37.2 Å². The van der Waals surface area contributed by atoms with Gasteiger partial charge in [-0.3, -0.25) is 0 Å². The van der Waals surface area contributed by atoms with Gasteiger partial charge in [0.1, 0.15) is 5.82 Å². The van der Waals surface area contributed by atoms with E-state index in [9.17, 15) is 4.39 Å². The van der Waals surface area contributed by atoms with Crippen LogP contribution in [0.4, 0.5) is 4.39 Å². The van der Waals surface area contributed by atoms with E-state index in [-0.39, 0.29) is 18.0 Å². The Bertz CT molecular complexity index is 376. The lowest BCUT2D eigenvalue weighted by molar-refractivity contribution is -0.100. The summed E-state index contributed by atoms with van der Waals surface area (Å²) in [5.74, 6) is -0.227. The van der Waals surface area contributed by atoms with Crippen LogP contribution in [0.2, 0.25) is 0 Å². The molecule has 0 spiro atoms. The molecule has 2 atom stereocenters. The summed E-state index contributed by atoms with van der Waals surface area (Å²) in [5, 5.41) is 3.22. The quantitative estimate of drug-likeness (QED) is 0.923. The van der Waals surface area contributed by atoms with Gasteiger partial charge in [-0.25, -0.2) is 4.39 Å². The van der Waals surface area contributed by atoms with Gasteiger partial charge >= 0.3 is 0 Å². The van der Waals surface area contributed by atoms with Crippen LogP contribution in [0.1, 0.15) is 5.56 Å². The van der Waals surface area contributed by atoms with E-state index >= 15 is 0 Å². The summed E-state index contributed by atoms with van der Waals surface area (Å²) >= 11 is 3.30. The van der Waals surface area contributed by atoms with Gasteiger partial charge in [0.25, 0.3) is 0 Å². The first-order valence-corrected chi connectivity index (χ1v) is 6.80. The molecule has 1 aliphatic rings. The lowest BCUT2D eigenvalue weighted by Crippen LogP contribution is -2.46. The van der Waals surface area contributed by atoms with E-state index in [0.29, 0.717) is 26.2 Å². The Labute approximate surface area is 115 Å². The Morgan fingerprint density at radius 1 is 1.44 bits per heavy atom. The molecular formula is C13H17BrFNO2. The minimum atomic E-state index is -0.227. The second-order valence-corrected chi connectivity index (χ2v) is 5.28. The van der Waals surface area contributed by atoms with Crippen molar-refractivity contribution in [2.75, 3.05) is 26.9 Å². The number of rotatable bonds is 4. The van der Waals surface area contributed by atoms with Gasteiger partial charge in [-0.1, -0.05) is 15.9 Å². The highest BCUT2D eigenvalue weighted by Crippen LogP contribution is 2.18. The van der Waals surface area contributed by atoms with E-state index in [1.807, 2.05) is 13.1 Å². The van der Waals surface area contributed by atoms with Crippen molar-refractivity contribution in [2.24, 2.45) is 0 Å². The third-order valence-corrected chi connectivity index (χ3v) is 3.50. The number of nitrogens with one attached hydrogen (secondary N) is 1. The Morgan fingerprint density at radius 3 is 2.89 bits per heavy atom. The van der Waals surface area contributed by atoms with Gasteiger partial charge < -0.3 is 14.8 Å². The van der Waals surface area contributed by atoms with Crippen LogP contribution in [-0.2, 0) is 15.9 Å². The molecule has 1 aromatic carbocycles. The summed E-state index contributed by atoms with van der Waals surface area (Å²) in [7, 11) is 1.89. The van der Waals surface area contributed by atoms with E-state index in [4.69, 9.17) is 9.47 Å². The minimum absolute atomic E-state index is 0.0193. The molecular weight excluding hydrogens is 301 g/mol. The van der Waals surface area contributed by atoms with Crippen LogP contribution in [-0.4, -0.2) is 39.0 Å². The van der Waals surface area contributed by atoms with Gasteiger partial charge in [0.05, 0.1) is 25.9 Å². The van der Waals surface area contributed by atoms with Gasteiger partial charge in [0.15, 0.2) is 0 Å². The molecule has 2 rings (SSSR count). The summed E-state index contributed by atoms with van der Waals surface area (Å²) in [5.41, 5.74) is 0.940. The normalized spacial score (nSPS) is 21.8. The average Bonchev–Trinajstić information content (AvgIpc) is 2.36. The molecule has 5 heteroatoms. The zero-order valence-corrected chi connectivity index (χ0v) is 11.9. The van der Waals surface area contributed by atoms with Crippen LogP contribution in [0.3, 0.4) is 0 Å². The maximum Gasteiger partial charge on any atom is 0.124 e. The zero-order chi connectivity index (χ0) is 13.0. The van der Waals surface area contributed by atoms with Crippen LogP contribution < -0.4 is 5.32 Å². The van der Waals surface area contributed by atoms with Gasteiger partial charge in [-0.2, -0.15) is 0 Å². The predicted molar refractivity (Wildman–Crippen MR) is 71.2 cm³/mol. The molecule has 0 radical (unpaired) electrons. The maximum absolute atomic E-state index is 13.3. The van der Waals surface area contributed by atoms with Crippen LogP contribution in [0.25, 0.3) is 0 Å². The first-order valence-electron chi connectivity index (χ1n) is 6.00. The molecule has 18 heavy (non-hydrogen) atoms. The summed E-state index contributed by atoms with van der Waals surface area (Å²) in [6.07, 6.45) is 0.728. The Balaban J connectivity index is 2.04. The number of likely N-dealkylation sites (N-methyl/N-ethyl adjacent to an activating group) is 1. The fourth-order valence-corrected chi connectivity index (χ4v) is 2.65. The predicted octanol–water partition coefficient (Wildman–Crippen LogP) is 2.13. The second kappa shape index (κ2) is 6.61. The number of benzene rings is 1. The molecule has 0 amide bonds. The Morgan fingerprint density at radius 2 is 2.28 bits per heavy atom.